The topological polar surface area (TPSA) is 46.2 Å². The summed E-state index contributed by atoms with van der Waals surface area (Å²) in [5.41, 5.74) is 5.85. The third-order valence-electron chi connectivity index (χ3n) is 2.13. The van der Waals surface area contributed by atoms with Crippen LogP contribution in [0.25, 0.3) is 0 Å². The van der Waals surface area contributed by atoms with Crippen LogP contribution in [-0.4, -0.2) is 17.8 Å². The van der Waals surface area contributed by atoms with Gasteiger partial charge in [-0.1, -0.05) is 6.92 Å². The Hall–Kier alpha value is 0.210. The lowest BCUT2D eigenvalue weighted by Crippen LogP contribution is -2.33. The summed E-state index contributed by atoms with van der Waals surface area (Å²) in [4.78, 5) is 0. The van der Waals surface area contributed by atoms with Crippen LogP contribution in [0.1, 0.15) is 19.8 Å². The van der Waals surface area contributed by atoms with E-state index in [1.807, 2.05) is 0 Å². The number of nitrogens with two attached hydrogens (primary N) is 1. The molecule has 3 heteroatoms. The van der Waals surface area contributed by atoms with Crippen molar-refractivity contribution in [2.24, 2.45) is 11.1 Å². The summed E-state index contributed by atoms with van der Waals surface area (Å²) in [6.45, 7) is 2.25. The highest BCUT2D eigenvalue weighted by Crippen LogP contribution is 2.46. The van der Waals surface area contributed by atoms with Crippen molar-refractivity contribution in [1.82, 2.24) is 0 Å². The van der Waals surface area contributed by atoms with E-state index in [4.69, 9.17) is 10.8 Å². The van der Waals surface area contributed by atoms with Crippen LogP contribution in [0.3, 0.4) is 0 Å². The molecule has 9 heavy (non-hydrogen) atoms. The molecule has 56 valence electrons. The van der Waals surface area contributed by atoms with Gasteiger partial charge in [-0.15, -0.1) is 12.4 Å². The first-order chi connectivity index (χ1) is 3.69. The molecule has 1 fully saturated rings. The molecule has 0 radical (unpaired) electrons. The largest absolute Gasteiger partial charge is 0.395 e. The minimum atomic E-state index is 0. The first-order valence-electron chi connectivity index (χ1n) is 3.05. The van der Waals surface area contributed by atoms with E-state index in [1.165, 1.54) is 12.8 Å². The zero-order valence-electron chi connectivity index (χ0n) is 5.63. The maximum atomic E-state index is 8.59. The number of rotatable bonds is 2. The Balaban J connectivity index is 0.000000640. The lowest BCUT2D eigenvalue weighted by Gasteiger charge is -2.14. The maximum Gasteiger partial charge on any atom is 0.0587 e. The third-order valence-corrected chi connectivity index (χ3v) is 2.13. The van der Waals surface area contributed by atoms with Crippen LogP contribution in [0.4, 0.5) is 0 Å². The number of aliphatic hydroxyl groups is 1. The minimum absolute atomic E-state index is 0. The molecule has 0 bridgehead atoms. The highest BCUT2D eigenvalue weighted by molar-refractivity contribution is 5.85. The average molecular weight is 152 g/mol. The fourth-order valence-electron chi connectivity index (χ4n) is 0.788. The second kappa shape index (κ2) is 2.86. The molecule has 0 unspecified atom stereocenters. The predicted molar refractivity (Wildman–Crippen MR) is 39.7 cm³/mol. The van der Waals surface area contributed by atoms with E-state index in [1.54, 1.807) is 0 Å². The first kappa shape index (κ1) is 9.21. The van der Waals surface area contributed by atoms with Crippen LogP contribution in [0.5, 0.6) is 0 Å². The normalized spacial score (nSPS) is 24.3. The Kier molecular flexibility index (Phi) is 2.93. The highest BCUT2D eigenvalue weighted by Gasteiger charge is 2.42. The van der Waals surface area contributed by atoms with Gasteiger partial charge in [-0.05, 0) is 18.3 Å². The van der Waals surface area contributed by atoms with Crippen LogP contribution in [0, 0.1) is 5.41 Å². The smallest absolute Gasteiger partial charge is 0.0587 e. The van der Waals surface area contributed by atoms with Crippen molar-refractivity contribution < 1.29 is 5.11 Å². The van der Waals surface area contributed by atoms with Crippen molar-refractivity contribution in [3.63, 3.8) is 0 Å². The summed E-state index contributed by atoms with van der Waals surface area (Å²) in [5, 5.41) is 8.59. The highest BCUT2D eigenvalue weighted by atomic mass is 35.5. The van der Waals surface area contributed by atoms with Gasteiger partial charge in [0.1, 0.15) is 0 Å². The zero-order valence-corrected chi connectivity index (χ0v) is 6.45. The molecule has 1 atom stereocenters. The SMILES string of the molecule is CC1([C@@H](N)CO)CC1.Cl. The zero-order chi connectivity index (χ0) is 6.20. The van der Waals surface area contributed by atoms with Crippen LogP contribution >= 0.6 is 12.4 Å². The summed E-state index contributed by atoms with van der Waals surface area (Å²) in [5.74, 6) is 0. The van der Waals surface area contributed by atoms with E-state index < -0.39 is 0 Å². The van der Waals surface area contributed by atoms with Crippen LogP contribution < -0.4 is 5.73 Å². The molecule has 0 aromatic carbocycles. The van der Waals surface area contributed by atoms with E-state index in [2.05, 4.69) is 6.92 Å². The molecule has 1 aliphatic carbocycles. The molecule has 0 aromatic heterocycles. The van der Waals surface area contributed by atoms with Gasteiger partial charge in [-0.3, -0.25) is 0 Å². The molecule has 0 saturated heterocycles. The van der Waals surface area contributed by atoms with E-state index in [0.29, 0.717) is 0 Å². The molecule has 0 aliphatic heterocycles. The average Bonchev–Trinajstić information content (AvgIpc) is 2.47. The van der Waals surface area contributed by atoms with Crippen molar-refractivity contribution >= 4 is 12.4 Å². The molecule has 1 rings (SSSR count). The number of hydrogen-bond donors (Lipinski definition) is 2. The van der Waals surface area contributed by atoms with E-state index in [0.717, 1.165) is 0 Å². The minimum Gasteiger partial charge on any atom is -0.395 e. The second-order valence-electron chi connectivity index (χ2n) is 2.94. The van der Waals surface area contributed by atoms with E-state index in [9.17, 15) is 0 Å². The van der Waals surface area contributed by atoms with Gasteiger partial charge in [0, 0.05) is 6.04 Å². The van der Waals surface area contributed by atoms with Crippen LogP contribution in [0.2, 0.25) is 0 Å². The molecular formula is C6H14ClNO. The Morgan fingerprint density at radius 2 is 2.11 bits per heavy atom. The second-order valence-corrected chi connectivity index (χ2v) is 2.94. The Morgan fingerprint density at radius 1 is 1.67 bits per heavy atom. The fraction of sp³-hybridized carbons (Fsp3) is 1.00. The molecule has 0 aromatic rings. The van der Waals surface area contributed by atoms with Gasteiger partial charge in [0.25, 0.3) is 0 Å². The predicted octanol–water partition coefficient (Wildman–Crippen LogP) is 0.528. The van der Waals surface area contributed by atoms with Crippen molar-refractivity contribution in [1.29, 1.82) is 0 Å². The summed E-state index contributed by atoms with van der Waals surface area (Å²) in [6.07, 6.45) is 2.38. The molecule has 1 saturated carbocycles. The summed E-state index contributed by atoms with van der Waals surface area (Å²) in [7, 11) is 0. The molecule has 3 N–H and O–H groups in total. The lowest BCUT2D eigenvalue weighted by molar-refractivity contribution is 0.224. The molecule has 0 heterocycles. The maximum absolute atomic E-state index is 8.59. The summed E-state index contributed by atoms with van der Waals surface area (Å²) in [6, 6.07) is 0.0162. The summed E-state index contributed by atoms with van der Waals surface area (Å²) >= 11 is 0. The van der Waals surface area contributed by atoms with Crippen LogP contribution in [0.15, 0.2) is 0 Å². The molecule has 0 spiro atoms. The Bertz CT molecular complexity index is 93.1. The standard InChI is InChI=1S/C6H13NO.ClH/c1-6(2-3-6)5(7)4-8;/h5,8H,2-4,7H2,1H3;1H/t5-;/m0./s1. The molecule has 2 nitrogen and oxygen atoms in total. The van der Waals surface area contributed by atoms with Crippen molar-refractivity contribution in [3.8, 4) is 0 Å². The van der Waals surface area contributed by atoms with Gasteiger partial charge in [-0.25, -0.2) is 0 Å². The van der Waals surface area contributed by atoms with Crippen molar-refractivity contribution in [3.05, 3.63) is 0 Å². The van der Waals surface area contributed by atoms with Crippen molar-refractivity contribution in [2.75, 3.05) is 6.61 Å². The molecule has 1 aliphatic rings. The lowest BCUT2D eigenvalue weighted by atomic mass is 10.0. The van der Waals surface area contributed by atoms with E-state index in [-0.39, 0.29) is 30.5 Å². The van der Waals surface area contributed by atoms with Gasteiger partial charge in [0.2, 0.25) is 0 Å². The Morgan fingerprint density at radius 3 is 2.22 bits per heavy atom. The first-order valence-corrected chi connectivity index (χ1v) is 3.05. The quantitative estimate of drug-likeness (QED) is 0.605. The number of halogens is 1. The van der Waals surface area contributed by atoms with Crippen molar-refractivity contribution in [2.45, 2.75) is 25.8 Å². The van der Waals surface area contributed by atoms with Gasteiger partial charge >= 0.3 is 0 Å². The monoisotopic (exact) mass is 151 g/mol. The molecular weight excluding hydrogens is 138 g/mol. The van der Waals surface area contributed by atoms with E-state index >= 15 is 0 Å². The summed E-state index contributed by atoms with van der Waals surface area (Å²) < 4.78 is 0. The fourth-order valence-corrected chi connectivity index (χ4v) is 0.788. The number of hydrogen-bond acceptors (Lipinski definition) is 2. The number of aliphatic hydroxyl groups excluding tert-OH is 1. The molecule has 0 amide bonds. The van der Waals surface area contributed by atoms with Crippen LogP contribution in [-0.2, 0) is 0 Å². The third kappa shape index (κ3) is 1.81. The van der Waals surface area contributed by atoms with Gasteiger partial charge in [0.15, 0.2) is 0 Å². The van der Waals surface area contributed by atoms with Gasteiger partial charge in [0.05, 0.1) is 6.61 Å². The van der Waals surface area contributed by atoms with Gasteiger partial charge < -0.3 is 10.8 Å². The Labute approximate surface area is 61.8 Å². The van der Waals surface area contributed by atoms with Gasteiger partial charge in [-0.2, -0.15) is 0 Å².